The number of nitrogens with one attached hydrogen (secondary N) is 1. The van der Waals surface area contributed by atoms with Crippen LogP contribution in [0.15, 0.2) is 93.3 Å². The maximum absolute atomic E-state index is 4.36. The van der Waals surface area contributed by atoms with Gasteiger partial charge in [0.15, 0.2) is 0 Å². The van der Waals surface area contributed by atoms with Crippen LogP contribution in [0.25, 0.3) is 0 Å². The van der Waals surface area contributed by atoms with Gasteiger partial charge < -0.3 is 10.2 Å². The highest BCUT2D eigenvalue weighted by atomic mass is 32.2. The Morgan fingerprint density at radius 2 is 1.47 bits per heavy atom. The van der Waals surface area contributed by atoms with Crippen LogP contribution < -0.4 is 10.2 Å². The average Bonchev–Trinajstić information content (AvgIpc) is 3.76. The molecule has 4 aliphatic carbocycles. The molecule has 2 aromatic rings. The molecule has 0 aromatic heterocycles. The van der Waals surface area contributed by atoms with Crippen LogP contribution in [0, 0.1) is 35.0 Å². The smallest absolute Gasteiger partial charge is 0.224 e. The molecule has 5 atom stereocenters. The summed E-state index contributed by atoms with van der Waals surface area (Å²) in [5, 5.41) is 7.03. The number of nitrogens with zero attached hydrogens (tertiary/aromatic N) is 1. The highest BCUT2D eigenvalue weighted by molar-refractivity contribution is 8.02. The maximum atomic E-state index is 4.36. The summed E-state index contributed by atoms with van der Waals surface area (Å²) in [6.45, 7) is 58.3. The second-order valence-electron chi connectivity index (χ2n) is 31.0. The van der Waals surface area contributed by atoms with E-state index in [1.54, 1.807) is 32.8 Å². The molecule has 403 valence electrons. The molecule has 2 aromatic carbocycles. The molecule has 2 saturated carbocycles. The van der Waals surface area contributed by atoms with Crippen molar-refractivity contribution in [2.75, 3.05) is 16.8 Å². The van der Waals surface area contributed by atoms with Gasteiger partial charge in [-0.15, -0.1) is 0 Å². The second-order valence-corrected chi connectivity index (χ2v) is 35.0. The van der Waals surface area contributed by atoms with Crippen molar-refractivity contribution in [3.63, 3.8) is 0 Å². The molecule has 6 aliphatic rings. The molecule has 74 heavy (non-hydrogen) atoms. The fourth-order valence-corrected chi connectivity index (χ4v) is 18.2. The molecule has 2 aliphatic heterocycles. The molecular weight excluding hydrogens is 928 g/mol. The Balaban J connectivity index is 1.46. The van der Waals surface area contributed by atoms with Crippen molar-refractivity contribution in [2.24, 2.45) is 28.1 Å². The molecule has 0 spiro atoms. The summed E-state index contributed by atoms with van der Waals surface area (Å²) in [5.74, 6) is 1.54. The van der Waals surface area contributed by atoms with Crippen LogP contribution in [-0.4, -0.2) is 32.5 Å². The van der Waals surface area contributed by atoms with Crippen molar-refractivity contribution < 1.29 is 0 Å². The van der Waals surface area contributed by atoms with Gasteiger partial charge in [-0.2, -0.15) is 11.8 Å². The summed E-state index contributed by atoms with van der Waals surface area (Å²) in [6, 6.07) is 10.4. The van der Waals surface area contributed by atoms with Gasteiger partial charge in [-0.05, 0) is 192 Å². The van der Waals surface area contributed by atoms with Crippen molar-refractivity contribution in [1.29, 1.82) is 0 Å². The maximum Gasteiger partial charge on any atom is 0.224 e. The zero-order valence-electron chi connectivity index (χ0n) is 51.6. The van der Waals surface area contributed by atoms with E-state index >= 15 is 0 Å². The summed E-state index contributed by atoms with van der Waals surface area (Å²) in [7, 11) is -0.558. The molecule has 5 heteroatoms. The van der Waals surface area contributed by atoms with Crippen molar-refractivity contribution in [3.05, 3.63) is 127 Å². The van der Waals surface area contributed by atoms with Gasteiger partial charge in [-0.3, -0.25) is 0 Å². The van der Waals surface area contributed by atoms with Crippen LogP contribution in [0.4, 0.5) is 11.4 Å². The van der Waals surface area contributed by atoms with Crippen molar-refractivity contribution >= 4 is 38.6 Å². The Kier molecular flexibility index (Phi) is 15.6. The van der Waals surface area contributed by atoms with Gasteiger partial charge in [0.25, 0.3) is 0 Å². The van der Waals surface area contributed by atoms with E-state index in [4.69, 9.17) is 0 Å². The lowest BCUT2D eigenvalue weighted by Gasteiger charge is -2.49. The third kappa shape index (κ3) is 11.1. The van der Waals surface area contributed by atoms with Crippen LogP contribution in [0.5, 0.6) is 0 Å². The minimum atomic E-state index is -0.558. The van der Waals surface area contributed by atoms with E-state index in [9.17, 15) is 0 Å². The van der Waals surface area contributed by atoms with Gasteiger partial charge in [0, 0.05) is 40.5 Å². The Labute approximate surface area is 461 Å². The molecule has 0 amide bonds. The molecule has 3 fully saturated rings. The van der Waals surface area contributed by atoms with E-state index in [2.05, 4.69) is 235 Å². The van der Waals surface area contributed by atoms with Crippen molar-refractivity contribution in [2.45, 2.75) is 254 Å². The summed E-state index contributed by atoms with van der Waals surface area (Å²) in [5.41, 5.74) is 21.8. The van der Waals surface area contributed by atoms with Gasteiger partial charge >= 0.3 is 0 Å². The summed E-state index contributed by atoms with van der Waals surface area (Å²) in [4.78, 5) is 2.84. The lowest BCUT2D eigenvalue weighted by molar-refractivity contribution is 0.0683. The van der Waals surface area contributed by atoms with Gasteiger partial charge in [0.1, 0.15) is 0 Å². The lowest BCUT2D eigenvalue weighted by atomic mass is 9.34. The zero-order chi connectivity index (χ0) is 54.6. The average molecular weight is 1030 g/mol. The minimum Gasteiger partial charge on any atom is -0.382 e. The third-order valence-electron chi connectivity index (χ3n) is 19.9. The molecule has 5 unspecified atom stereocenters. The topological polar surface area (TPSA) is 15.3 Å². The summed E-state index contributed by atoms with van der Waals surface area (Å²) < 4.78 is 0. The first-order chi connectivity index (χ1) is 34.0. The fraction of sp³-hybridized carbons (Fsp3) is 0.652. The third-order valence-corrected chi connectivity index (χ3v) is 23.5. The number of allylic oxidation sites excluding steroid dienone is 10. The standard InChI is InChI=1S/C69H104BN2SSi/c1-43(2)36-59-56(42-71-57-29-28-51-61(45(57)4)68(18,19)34-32-66(51,14)15)70(60-40-54-62(73-60)69(20,21)35-33-67(54,16)17)55(37-48-41-65(12,13)31-30-44(48)3)46(5)72(59)58-39-53(64(9,10)11)52(63(6,7)8)38-50(58)47-24-26-49(27-25-47)74(22)23/h24,26-29,36-39,44,47,54,60,62,71H,25,30-35,40-42H2,1-23H3/b48-37+. The Morgan fingerprint density at radius 1 is 0.838 bits per heavy atom. The molecule has 1 radical (unpaired) electrons. The summed E-state index contributed by atoms with van der Waals surface area (Å²) in [6.07, 6.45) is 24.2. The van der Waals surface area contributed by atoms with E-state index in [1.165, 1.54) is 102 Å². The SMILES string of the molecule is CC(C)=CC1=C(CNc2ccc3c(c2C)C(C)(C)CCC3(C)C)B(C2CC3C(S2)C(C)(C)CCC3(C)C)C(/C=C2\CC(C)(C)CCC2C)=C(C)N1c1cc(C(C)(C)C)c(C(C)(C)C)cc1C1C=CC([Si](C)C)=CC1. The van der Waals surface area contributed by atoms with Crippen LogP contribution in [0.2, 0.25) is 13.1 Å². The van der Waals surface area contributed by atoms with E-state index in [0.717, 1.165) is 13.0 Å². The van der Waals surface area contributed by atoms with Crippen molar-refractivity contribution in [1.82, 2.24) is 0 Å². The first-order valence-electron chi connectivity index (χ1n) is 29.6. The Morgan fingerprint density at radius 3 is 2.07 bits per heavy atom. The summed E-state index contributed by atoms with van der Waals surface area (Å²) >= 11 is 2.40. The second kappa shape index (κ2) is 20.1. The van der Waals surface area contributed by atoms with E-state index in [1.807, 2.05) is 0 Å². The number of thioether (sulfide) groups is 1. The normalized spacial score (nSPS) is 27.9. The fourth-order valence-electron chi connectivity index (χ4n) is 14.9. The van der Waals surface area contributed by atoms with E-state index in [0.29, 0.717) is 33.1 Å². The molecule has 1 N–H and O–H groups in total. The molecule has 0 bridgehead atoms. The molecule has 1 saturated heterocycles. The van der Waals surface area contributed by atoms with Gasteiger partial charge in [0.05, 0.1) is 8.80 Å². The first-order valence-corrected chi connectivity index (χ1v) is 33.0. The molecule has 2 nitrogen and oxygen atoms in total. The van der Waals surface area contributed by atoms with Gasteiger partial charge in [-0.25, -0.2) is 0 Å². The van der Waals surface area contributed by atoms with Gasteiger partial charge in [-0.1, -0.05) is 195 Å². The highest BCUT2D eigenvalue weighted by Gasteiger charge is 2.56. The Bertz CT molecular complexity index is 2670. The number of rotatable bonds is 9. The molecule has 8 rings (SSSR count). The minimum absolute atomic E-state index is 0.0160. The predicted molar refractivity (Wildman–Crippen MR) is 333 cm³/mol. The molecule has 2 heterocycles. The highest BCUT2D eigenvalue weighted by Crippen LogP contribution is 2.62. The number of hydrogen-bond donors (Lipinski definition) is 1. The zero-order valence-corrected chi connectivity index (χ0v) is 53.4. The predicted octanol–water partition coefficient (Wildman–Crippen LogP) is 19.9. The van der Waals surface area contributed by atoms with Crippen LogP contribution in [0.1, 0.15) is 236 Å². The van der Waals surface area contributed by atoms with Crippen molar-refractivity contribution in [3.8, 4) is 0 Å². The van der Waals surface area contributed by atoms with Crippen LogP contribution >= 0.6 is 11.8 Å². The first kappa shape index (κ1) is 57.3. The lowest BCUT2D eigenvalue weighted by Crippen LogP contribution is -2.44. The molecular formula is C69H104BN2SSi. The van der Waals surface area contributed by atoms with Gasteiger partial charge in [0.2, 0.25) is 6.71 Å². The Hall–Kier alpha value is -2.89. The van der Waals surface area contributed by atoms with E-state index in [-0.39, 0.29) is 39.7 Å². The van der Waals surface area contributed by atoms with Crippen LogP contribution in [-0.2, 0) is 21.7 Å². The number of fused-ring (bicyclic) bond motifs is 2. The van der Waals surface area contributed by atoms with E-state index < -0.39 is 8.80 Å². The monoisotopic (exact) mass is 1030 g/mol. The quantitative estimate of drug-likeness (QED) is 0.252. The largest absolute Gasteiger partial charge is 0.382 e. The number of anilines is 2. The number of hydrogen-bond acceptors (Lipinski definition) is 3. The van der Waals surface area contributed by atoms with Crippen LogP contribution in [0.3, 0.4) is 0 Å². The number of benzene rings is 2.